The third kappa shape index (κ3) is 4.89. The van der Waals surface area contributed by atoms with E-state index in [4.69, 9.17) is 15.4 Å². The third-order valence-corrected chi connectivity index (χ3v) is 4.53. The maximum atomic E-state index is 12.0. The number of hydrogen-bond donors (Lipinski definition) is 1. The Hall–Kier alpha value is -1.27. The molecule has 1 rings (SSSR count). The molecule has 0 saturated carbocycles. The number of benzene rings is 1. The summed E-state index contributed by atoms with van der Waals surface area (Å²) in [7, 11) is 1.45. The Morgan fingerprint density at radius 3 is 2.43 bits per heavy atom. The van der Waals surface area contributed by atoms with E-state index in [0.29, 0.717) is 12.3 Å². The number of rotatable bonds is 6. The second kappa shape index (κ2) is 7.13. The Morgan fingerprint density at radius 2 is 1.95 bits per heavy atom. The van der Waals surface area contributed by atoms with Gasteiger partial charge in [-0.05, 0) is 31.0 Å². The van der Waals surface area contributed by atoms with Gasteiger partial charge in [0.15, 0.2) is 0 Å². The van der Waals surface area contributed by atoms with Crippen LogP contribution in [0.1, 0.15) is 27.7 Å². The fourth-order valence-electron chi connectivity index (χ4n) is 1.61. The van der Waals surface area contributed by atoms with Gasteiger partial charge in [0.25, 0.3) is 9.05 Å². The average molecular weight is 334 g/mol. The van der Waals surface area contributed by atoms with Crippen LogP contribution >= 0.6 is 10.7 Å². The molecule has 0 saturated heterocycles. The maximum absolute atomic E-state index is 12.0. The first kappa shape index (κ1) is 17.8. The minimum atomic E-state index is -3.95. The molecule has 7 heteroatoms. The fourth-order valence-corrected chi connectivity index (χ4v) is 2.61. The van der Waals surface area contributed by atoms with Crippen molar-refractivity contribution in [2.75, 3.05) is 11.9 Å². The molecule has 1 N–H and O–H groups in total. The molecule has 0 bridgehead atoms. The zero-order chi connectivity index (χ0) is 16.2. The van der Waals surface area contributed by atoms with Crippen molar-refractivity contribution in [2.45, 2.75) is 32.6 Å². The first-order valence-corrected chi connectivity index (χ1v) is 9.00. The summed E-state index contributed by atoms with van der Waals surface area (Å²) in [6.45, 7) is 7.75. The second-order valence-corrected chi connectivity index (χ2v) is 7.59. The molecule has 0 heterocycles. The van der Waals surface area contributed by atoms with Crippen LogP contribution in [0.3, 0.4) is 0 Å². The van der Waals surface area contributed by atoms with Crippen LogP contribution in [-0.4, -0.2) is 20.9 Å². The van der Waals surface area contributed by atoms with Gasteiger partial charge in [0.2, 0.25) is 5.91 Å². The Morgan fingerprint density at radius 1 is 1.33 bits per heavy atom. The zero-order valence-corrected chi connectivity index (χ0v) is 14.1. The highest BCUT2D eigenvalue weighted by Crippen LogP contribution is 2.30. The van der Waals surface area contributed by atoms with E-state index in [-0.39, 0.29) is 28.4 Å². The second-order valence-electron chi connectivity index (χ2n) is 5.05. The van der Waals surface area contributed by atoms with Crippen molar-refractivity contribution in [2.24, 2.45) is 11.8 Å². The van der Waals surface area contributed by atoms with Crippen molar-refractivity contribution in [3.63, 3.8) is 0 Å². The van der Waals surface area contributed by atoms with Crippen molar-refractivity contribution in [1.82, 2.24) is 0 Å². The lowest BCUT2D eigenvalue weighted by Crippen LogP contribution is -2.24. The van der Waals surface area contributed by atoms with E-state index in [0.717, 1.165) is 0 Å². The molecule has 0 radical (unpaired) electrons. The highest BCUT2D eigenvalue weighted by Gasteiger charge is 2.20. The predicted octanol–water partition coefficient (Wildman–Crippen LogP) is 3.24. The van der Waals surface area contributed by atoms with Gasteiger partial charge < -0.3 is 10.1 Å². The van der Waals surface area contributed by atoms with Crippen LogP contribution in [0.5, 0.6) is 5.75 Å². The van der Waals surface area contributed by atoms with E-state index >= 15 is 0 Å². The quantitative estimate of drug-likeness (QED) is 0.811. The van der Waals surface area contributed by atoms with Crippen molar-refractivity contribution < 1.29 is 17.9 Å². The Balaban J connectivity index is 3.09. The first-order valence-electron chi connectivity index (χ1n) is 6.69. The standard InChI is InChI=1S/C14H20ClNO4S/c1-5-20-12-7-6-11(8-13(12)21(15,18)19)16-14(17)10(4)9(2)3/h6-10H,5H2,1-4H3,(H,16,17). The summed E-state index contributed by atoms with van der Waals surface area (Å²) < 4.78 is 28.4. The van der Waals surface area contributed by atoms with E-state index in [1.165, 1.54) is 12.1 Å². The number of nitrogens with one attached hydrogen (secondary N) is 1. The SMILES string of the molecule is CCOc1ccc(NC(=O)C(C)C(C)C)cc1S(=O)(=O)Cl. The van der Waals surface area contributed by atoms with Gasteiger partial charge >= 0.3 is 0 Å². The lowest BCUT2D eigenvalue weighted by atomic mass is 9.97. The van der Waals surface area contributed by atoms with Gasteiger partial charge in [-0.2, -0.15) is 0 Å². The van der Waals surface area contributed by atoms with Gasteiger partial charge in [-0.1, -0.05) is 20.8 Å². The van der Waals surface area contributed by atoms with Gasteiger partial charge in [0.1, 0.15) is 10.6 Å². The number of carbonyl (C=O) groups is 1. The van der Waals surface area contributed by atoms with Crippen LogP contribution in [0.15, 0.2) is 23.1 Å². The lowest BCUT2D eigenvalue weighted by Gasteiger charge is -2.16. The third-order valence-electron chi connectivity index (χ3n) is 3.19. The molecule has 1 amide bonds. The predicted molar refractivity (Wildman–Crippen MR) is 83.3 cm³/mol. The van der Waals surface area contributed by atoms with Gasteiger partial charge in [-0.3, -0.25) is 4.79 Å². The van der Waals surface area contributed by atoms with Crippen molar-refractivity contribution in [3.8, 4) is 5.75 Å². The average Bonchev–Trinajstić information content (AvgIpc) is 2.38. The fraction of sp³-hybridized carbons (Fsp3) is 0.500. The molecule has 0 aliphatic rings. The molecule has 1 aromatic carbocycles. The highest BCUT2D eigenvalue weighted by molar-refractivity contribution is 8.13. The van der Waals surface area contributed by atoms with E-state index in [9.17, 15) is 13.2 Å². The topological polar surface area (TPSA) is 72.5 Å². The lowest BCUT2D eigenvalue weighted by molar-refractivity contribution is -0.120. The smallest absolute Gasteiger partial charge is 0.265 e. The van der Waals surface area contributed by atoms with Crippen LogP contribution in [0.4, 0.5) is 5.69 Å². The normalized spacial score (nSPS) is 13.0. The van der Waals surface area contributed by atoms with Gasteiger partial charge in [0, 0.05) is 22.3 Å². The summed E-state index contributed by atoms with van der Waals surface area (Å²) in [4.78, 5) is 11.8. The first-order chi connectivity index (χ1) is 9.66. The summed E-state index contributed by atoms with van der Waals surface area (Å²) in [5.41, 5.74) is 0.371. The Labute approximate surface area is 130 Å². The molecule has 0 aliphatic carbocycles. The summed E-state index contributed by atoms with van der Waals surface area (Å²) >= 11 is 0. The van der Waals surface area contributed by atoms with Crippen molar-refractivity contribution in [3.05, 3.63) is 18.2 Å². The molecule has 1 aromatic rings. The zero-order valence-electron chi connectivity index (χ0n) is 12.5. The number of hydrogen-bond acceptors (Lipinski definition) is 4. The largest absolute Gasteiger partial charge is 0.492 e. The Kier molecular flexibility index (Phi) is 6.04. The summed E-state index contributed by atoms with van der Waals surface area (Å²) in [5.74, 6) is -0.00829. The molecule has 0 aromatic heterocycles. The molecule has 21 heavy (non-hydrogen) atoms. The Bertz CT molecular complexity index is 613. The maximum Gasteiger partial charge on any atom is 0.265 e. The minimum Gasteiger partial charge on any atom is -0.492 e. The van der Waals surface area contributed by atoms with E-state index < -0.39 is 9.05 Å². The minimum absolute atomic E-state index is 0.152. The summed E-state index contributed by atoms with van der Waals surface area (Å²) in [6, 6.07) is 4.37. The molecule has 1 atom stereocenters. The van der Waals surface area contributed by atoms with Crippen LogP contribution in [0, 0.1) is 11.8 Å². The van der Waals surface area contributed by atoms with E-state index in [1.807, 2.05) is 20.8 Å². The highest BCUT2D eigenvalue weighted by atomic mass is 35.7. The molecule has 5 nitrogen and oxygen atoms in total. The van der Waals surface area contributed by atoms with Crippen LogP contribution in [0.25, 0.3) is 0 Å². The number of anilines is 1. The summed E-state index contributed by atoms with van der Waals surface area (Å²) in [5, 5.41) is 2.69. The number of amides is 1. The van der Waals surface area contributed by atoms with Crippen molar-refractivity contribution in [1.29, 1.82) is 0 Å². The number of carbonyl (C=O) groups excluding carboxylic acids is 1. The molecule has 0 spiro atoms. The van der Waals surface area contributed by atoms with E-state index in [2.05, 4.69) is 5.32 Å². The van der Waals surface area contributed by atoms with Crippen LogP contribution in [0.2, 0.25) is 0 Å². The van der Waals surface area contributed by atoms with Crippen LogP contribution < -0.4 is 10.1 Å². The molecular formula is C14H20ClNO4S. The summed E-state index contributed by atoms with van der Waals surface area (Å²) in [6.07, 6.45) is 0. The molecular weight excluding hydrogens is 314 g/mol. The van der Waals surface area contributed by atoms with Gasteiger partial charge in [0.05, 0.1) is 6.61 Å². The van der Waals surface area contributed by atoms with Crippen LogP contribution in [-0.2, 0) is 13.8 Å². The monoisotopic (exact) mass is 333 g/mol. The van der Waals surface area contributed by atoms with Crippen molar-refractivity contribution >= 4 is 31.3 Å². The van der Waals surface area contributed by atoms with Gasteiger partial charge in [-0.15, -0.1) is 0 Å². The molecule has 118 valence electrons. The number of halogens is 1. The molecule has 0 fully saturated rings. The number of ether oxygens (including phenoxy) is 1. The van der Waals surface area contributed by atoms with E-state index in [1.54, 1.807) is 13.0 Å². The van der Waals surface area contributed by atoms with Gasteiger partial charge in [-0.25, -0.2) is 8.42 Å². The molecule has 0 aliphatic heterocycles. The molecule has 1 unspecified atom stereocenters.